The minimum Gasteiger partial charge on any atom is -0.463 e. The monoisotopic (exact) mass is 402 g/mol. The van der Waals surface area contributed by atoms with Crippen LogP contribution in [0, 0.1) is 17.8 Å². The quantitative estimate of drug-likeness (QED) is 0.453. The van der Waals surface area contributed by atoms with E-state index in [0.717, 1.165) is 44.9 Å². The van der Waals surface area contributed by atoms with Gasteiger partial charge in [-0.2, -0.15) is 5.48 Å². The molecule has 0 spiro atoms. The number of ether oxygens (including phenoxy) is 3. The average molecular weight is 403 g/mol. The van der Waals surface area contributed by atoms with Crippen LogP contribution < -0.4 is 10.8 Å². The lowest BCUT2D eigenvalue weighted by Crippen LogP contribution is -2.46. The normalized spacial score (nSPS) is 36.4. The molecular weight excluding hydrogens is 367 g/mol. The van der Waals surface area contributed by atoms with E-state index >= 15 is 0 Å². The highest BCUT2D eigenvalue weighted by Crippen LogP contribution is 2.35. The van der Waals surface area contributed by atoms with Crippen LogP contribution in [-0.4, -0.2) is 58.1 Å². The van der Waals surface area contributed by atoms with Crippen molar-refractivity contribution in [2.24, 2.45) is 17.8 Å². The third kappa shape index (κ3) is 6.10. The van der Waals surface area contributed by atoms with Crippen LogP contribution in [0.25, 0.3) is 0 Å². The van der Waals surface area contributed by atoms with Crippen LogP contribution in [0.2, 0.25) is 0 Å². The van der Waals surface area contributed by atoms with Crippen LogP contribution in [0.3, 0.4) is 0 Å². The fourth-order valence-electron chi connectivity index (χ4n) is 4.60. The molecule has 2 aliphatic carbocycles. The summed E-state index contributed by atoms with van der Waals surface area (Å²) in [5, 5.41) is 3.43. The van der Waals surface area contributed by atoms with Crippen molar-refractivity contribution < 1.29 is 28.2 Å². The molecule has 3 fully saturated rings. The summed E-state index contributed by atoms with van der Waals surface area (Å²) in [5.74, 6) is -0.0554. The van der Waals surface area contributed by atoms with Gasteiger partial charge in [-0.05, 0) is 38.0 Å². The molecule has 1 aliphatic heterocycles. The van der Waals surface area contributed by atoms with E-state index in [0.29, 0.717) is 26.2 Å². The molecule has 0 aromatic rings. The molecule has 162 valence electrons. The van der Waals surface area contributed by atoms with E-state index in [2.05, 4.69) is 10.8 Å². The van der Waals surface area contributed by atoms with E-state index in [9.17, 15) is 9.18 Å². The van der Waals surface area contributed by atoms with Crippen molar-refractivity contribution >= 4 is 5.97 Å². The summed E-state index contributed by atoms with van der Waals surface area (Å²) in [6.07, 6.45) is 6.01. The second kappa shape index (κ2) is 11.4. The number of hydrogen-bond donors (Lipinski definition) is 2. The maximum Gasteiger partial charge on any atom is 0.309 e. The van der Waals surface area contributed by atoms with Gasteiger partial charge in [-0.15, -0.1) is 0 Å². The minimum atomic E-state index is -0.799. The predicted octanol–water partition coefficient (Wildman–Crippen LogP) is 2.30. The number of esters is 1. The molecule has 1 saturated heterocycles. The van der Waals surface area contributed by atoms with E-state index < -0.39 is 6.17 Å². The predicted molar refractivity (Wildman–Crippen MR) is 101 cm³/mol. The van der Waals surface area contributed by atoms with E-state index in [1.54, 1.807) is 7.11 Å². The molecule has 6 atom stereocenters. The Kier molecular flexibility index (Phi) is 8.92. The van der Waals surface area contributed by atoms with Gasteiger partial charge >= 0.3 is 5.97 Å². The molecule has 2 saturated carbocycles. The van der Waals surface area contributed by atoms with Gasteiger partial charge < -0.3 is 14.2 Å². The summed E-state index contributed by atoms with van der Waals surface area (Å²) in [6, 6.07) is 0. The van der Waals surface area contributed by atoms with Gasteiger partial charge in [-0.25, -0.2) is 4.39 Å². The highest BCUT2D eigenvalue weighted by molar-refractivity contribution is 5.72. The number of rotatable bonds is 9. The van der Waals surface area contributed by atoms with Crippen molar-refractivity contribution in [3.63, 3.8) is 0 Å². The largest absolute Gasteiger partial charge is 0.463 e. The zero-order valence-electron chi connectivity index (χ0n) is 16.9. The van der Waals surface area contributed by atoms with Crippen molar-refractivity contribution in [1.82, 2.24) is 10.8 Å². The second-order valence-electron chi connectivity index (χ2n) is 8.16. The lowest BCUT2D eigenvalue weighted by atomic mass is 9.79. The SMILES string of the molecule is COCCOCCOC(=O)C1CCCC(C2NOC(C3CCCCC3F)N2)C1. The Balaban J connectivity index is 1.39. The van der Waals surface area contributed by atoms with E-state index in [1.165, 1.54) is 0 Å². The minimum absolute atomic E-state index is 0.0351. The van der Waals surface area contributed by atoms with E-state index in [4.69, 9.17) is 19.0 Å². The zero-order chi connectivity index (χ0) is 19.8. The lowest BCUT2D eigenvalue weighted by Gasteiger charge is -2.32. The number of alkyl halides is 1. The highest BCUT2D eigenvalue weighted by atomic mass is 19.1. The van der Waals surface area contributed by atoms with Gasteiger partial charge in [0.15, 0.2) is 0 Å². The molecule has 1 heterocycles. The molecule has 8 heteroatoms. The first-order valence-electron chi connectivity index (χ1n) is 10.7. The van der Waals surface area contributed by atoms with E-state index in [1.807, 2.05) is 0 Å². The highest BCUT2D eigenvalue weighted by Gasteiger charge is 2.41. The molecule has 6 unspecified atom stereocenters. The van der Waals surface area contributed by atoms with Gasteiger partial charge in [0.1, 0.15) is 19.0 Å². The van der Waals surface area contributed by atoms with Crippen LogP contribution in [-0.2, 0) is 23.8 Å². The number of carbonyl (C=O) groups excluding carboxylic acids is 1. The summed E-state index contributed by atoms with van der Waals surface area (Å²) in [7, 11) is 1.62. The summed E-state index contributed by atoms with van der Waals surface area (Å²) in [5.41, 5.74) is 3.06. The van der Waals surface area contributed by atoms with Crippen molar-refractivity contribution in [3.8, 4) is 0 Å². The average Bonchev–Trinajstić information content (AvgIpc) is 3.21. The Hall–Kier alpha value is -0.800. The molecule has 0 aromatic carbocycles. The lowest BCUT2D eigenvalue weighted by molar-refractivity contribution is -0.152. The van der Waals surface area contributed by atoms with Crippen molar-refractivity contribution in [3.05, 3.63) is 0 Å². The maximum atomic E-state index is 14.2. The van der Waals surface area contributed by atoms with Gasteiger partial charge in [0.25, 0.3) is 0 Å². The molecule has 3 aliphatic rings. The van der Waals surface area contributed by atoms with Gasteiger partial charge in [0, 0.05) is 13.0 Å². The molecule has 0 aromatic heterocycles. The number of hydroxylamine groups is 1. The standard InChI is InChI=1S/C20H35FN2O5/c1-25-9-10-26-11-12-27-20(24)15-6-4-5-14(13-15)18-22-19(28-23-18)16-7-2-3-8-17(16)21/h14-19,22-23H,2-13H2,1H3. The molecule has 7 nitrogen and oxygen atoms in total. The van der Waals surface area contributed by atoms with Gasteiger partial charge in [0.2, 0.25) is 0 Å². The first-order valence-corrected chi connectivity index (χ1v) is 10.7. The van der Waals surface area contributed by atoms with E-state index in [-0.39, 0.29) is 42.7 Å². The molecule has 0 bridgehead atoms. The van der Waals surface area contributed by atoms with Gasteiger partial charge in [-0.1, -0.05) is 19.3 Å². The summed E-state index contributed by atoms with van der Waals surface area (Å²) < 4.78 is 29.8. The Labute approximate surface area is 166 Å². The fraction of sp³-hybridized carbons (Fsp3) is 0.950. The second-order valence-corrected chi connectivity index (χ2v) is 8.16. The number of hydrogen-bond acceptors (Lipinski definition) is 7. The van der Waals surface area contributed by atoms with Crippen LogP contribution in [0.1, 0.15) is 51.4 Å². The summed E-state index contributed by atoms with van der Waals surface area (Å²) in [4.78, 5) is 18.1. The third-order valence-corrected chi connectivity index (χ3v) is 6.21. The molecule has 0 amide bonds. The topological polar surface area (TPSA) is 78.1 Å². The molecule has 2 N–H and O–H groups in total. The van der Waals surface area contributed by atoms with Gasteiger partial charge in [0.05, 0.1) is 31.9 Å². The number of methoxy groups -OCH3 is 1. The van der Waals surface area contributed by atoms with Crippen LogP contribution in [0.4, 0.5) is 4.39 Å². The van der Waals surface area contributed by atoms with Crippen LogP contribution >= 0.6 is 0 Å². The number of nitrogens with one attached hydrogen (secondary N) is 2. The van der Waals surface area contributed by atoms with Gasteiger partial charge in [-0.3, -0.25) is 14.9 Å². The summed E-state index contributed by atoms with van der Waals surface area (Å²) >= 11 is 0. The summed E-state index contributed by atoms with van der Waals surface area (Å²) in [6.45, 7) is 1.69. The molecular formula is C20H35FN2O5. The number of carbonyl (C=O) groups is 1. The first-order chi connectivity index (χ1) is 13.7. The molecule has 0 radical (unpaired) electrons. The van der Waals surface area contributed by atoms with Crippen molar-refractivity contribution in [2.45, 2.75) is 69.9 Å². The van der Waals surface area contributed by atoms with Crippen molar-refractivity contribution in [1.29, 1.82) is 0 Å². The molecule has 28 heavy (non-hydrogen) atoms. The Bertz CT molecular complexity index is 484. The van der Waals surface area contributed by atoms with Crippen LogP contribution in [0.15, 0.2) is 0 Å². The number of halogens is 1. The Morgan fingerprint density at radius 3 is 2.71 bits per heavy atom. The smallest absolute Gasteiger partial charge is 0.309 e. The van der Waals surface area contributed by atoms with Crippen LogP contribution in [0.5, 0.6) is 0 Å². The van der Waals surface area contributed by atoms with Crippen molar-refractivity contribution in [2.75, 3.05) is 33.5 Å². The molecule has 3 rings (SSSR count). The Morgan fingerprint density at radius 1 is 1.07 bits per heavy atom. The third-order valence-electron chi connectivity index (χ3n) is 6.21. The zero-order valence-corrected chi connectivity index (χ0v) is 16.9. The maximum absolute atomic E-state index is 14.2. The Morgan fingerprint density at radius 2 is 1.89 bits per heavy atom. The first kappa shape index (κ1) is 21.9. The fourth-order valence-corrected chi connectivity index (χ4v) is 4.60.